The number of thiophene rings is 2. The maximum atomic E-state index is 5.64. The molecule has 1 aliphatic carbocycles. The molecule has 142 heavy (non-hydrogen) atoms. The second-order valence-electron chi connectivity index (χ2n) is 31.8. The number of rotatable bonds is 0. The highest BCUT2D eigenvalue weighted by Gasteiger charge is 2.14. The Labute approximate surface area is 837 Å². The fraction of sp³-hybridized carbons (Fsp3) is 0.0472. The van der Waals surface area contributed by atoms with Crippen LogP contribution in [0.4, 0.5) is 0 Å². The van der Waals surface area contributed by atoms with Crippen LogP contribution in [0.1, 0.15) is 41.5 Å². The van der Waals surface area contributed by atoms with E-state index < -0.39 is 0 Å². The maximum Gasteiger partial charge on any atom is 0.142 e. The minimum atomic E-state index is 0. The number of nitrogens with one attached hydrogen (secondary N) is 2. The number of para-hydroxylation sites is 6. The summed E-state index contributed by atoms with van der Waals surface area (Å²) >= 11 is 5.27. The lowest BCUT2D eigenvalue weighted by atomic mass is 9.99. The van der Waals surface area contributed by atoms with E-state index in [2.05, 4.69) is 366 Å². The molecule has 30 rings (SSSR count). The Morgan fingerprint density at radius 2 is 0.648 bits per heavy atom. The van der Waals surface area contributed by atoms with Crippen LogP contribution >= 0.6 is 34.0 Å². The van der Waals surface area contributed by atoms with E-state index in [0.717, 1.165) is 45.0 Å². The van der Waals surface area contributed by atoms with Gasteiger partial charge in [-0.25, -0.2) is 4.98 Å². The topological polar surface area (TPSA) is 161 Å². The summed E-state index contributed by atoms with van der Waals surface area (Å²) in [4.78, 5) is 35.2. The van der Waals surface area contributed by atoms with Crippen LogP contribution in [0.2, 0.25) is 0 Å². The van der Waals surface area contributed by atoms with Crippen LogP contribution in [0.25, 0.3) is 183 Å². The summed E-state index contributed by atoms with van der Waals surface area (Å²) in [5.74, 6) is 0. The number of hydrogen-bond donors (Lipinski definition) is 2. The summed E-state index contributed by atoms with van der Waals surface area (Å²) in [5, 5.41) is 34.6. The lowest BCUT2D eigenvalue weighted by molar-refractivity contribution is 0.567. The van der Waals surface area contributed by atoms with Gasteiger partial charge >= 0.3 is 0 Å². The third-order valence-corrected chi connectivity index (χ3v) is 24.9. The number of H-pyrrole nitrogens is 2. The van der Waals surface area contributed by atoms with Gasteiger partial charge in [-0.1, -0.05) is 363 Å². The highest BCUT2D eigenvalue weighted by Crippen LogP contribution is 2.41. The zero-order valence-corrected chi connectivity index (χ0v) is 79.7. The van der Waals surface area contributed by atoms with E-state index in [1.54, 1.807) is 97.3 Å². The van der Waals surface area contributed by atoms with E-state index >= 15 is 0 Å². The summed E-state index contributed by atoms with van der Waals surface area (Å²) in [6, 6.07) is 137. The molecule has 12 heterocycles. The van der Waals surface area contributed by atoms with Gasteiger partial charge in [0.25, 0.3) is 0 Å². The maximum absolute atomic E-state index is 5.64. The molecule has 0 saturated carbocycles. The van der Waals surface area contributed by atoms with Crippen LogP contribution in [0.5, 0.6) is 0 Å². The summed E-state index contributed by atoms with van der Waals surface area (Å²) in [6.07, 6.45) is 32.7. The van der Waals surface area contributed by atoms with Gasteiger partial charge in [0.1, 0.15) is 11.2 Å². The third-order valence-electron chi connectivity index (χ3n) is 22.5. The van der Waals surface area contributed by atoms with Gasteiger partial charge in [0, 0.05) is 147 Å². The molecule has 0 bridgehead atoms. The van der Waals surface area contributed by atoms with Gasteiger partial charge in [-0.05, 0) is 173 Å². The molecular formula is C127H107N9O3S3. The highest BCUT2D eigenvalue weighted by atomic mass is 32.1. The van der Waals surface area contributed by atoms with Crippen molar-refractivity contribution in [3.63, 3.8) is 0 Å². The van der Waals surface area contributed by atoms with Crippen LogP contribution < -0.4 is 0 Å². The second-order valence-corrected chi connectivity index (χ2v) is 34.4. The van der Waals surface area contributed by atoms with E-state index in [-0.39, 0.29) is 14.9 Å². The lowest BCUT2D eigenvalue weighted by Crippen LogP contribution is -1.79. The normalized spacial score (nSPS) is 10.6. The molecule has 17 aromatic carbocycles. The van der Waals surface area contributed by atoms with Crippen molar-refractivity contribution in [2.75, 3.05) is 0 Å². The van der Waals surface area contributed by atoms with Gasteiger partial charge in [0.05, 0.1) is 57.3 Å². The average molecular weight is 1900 g/mol. The van der Waals surface area contributed by atoms with E-state index in [4.69, 9.17) is 8.83 Å². The fourth-order valence-corrected chi connectivity index (χ4v) is 18.5. The molecule has 12 aromatic heterocycles. The molecule has 0 aliphatic heterocycles. The first-order chi connectivity index (χ1) is 69.5. The molecule has 0 saturated heterocycles. The molecule has 696 valence electrons. The summed E-state index contributed by atoms with van der Waals surface area (Å²) < 4.78 is 18.0. The standard InChI is InChI=1S/C18H12N2.C16H10O.C16H10S.C15H9NS.C10H8.C9H7N.C8H6N2.C8H6O.C5H5N.C5H6.C4H4N2.C4H4O.C4H4S.C3H8.2CH4/c1-3-7-15-11(5-1)13-9-18-14(10-17(13)19-15)12-6-2-4-8-16(12)20-18;2*1-2-7-13-11(5-1)12-6-3-4-8-14(12)16-15(13)9-10-17-16;1-3-7-12-10(5-1)11-6-2-4-8-13(11)15-14(12)16-9-17-15;1-2-6-10-8-4-3-7-9(10)5-1;1-2-6-9-8(4-1)5-3-7-10-9;1-2-4-8-7(3-1)9-5-6-10-8;1-2-4-8-7(3-1)5-6-9-8;1-2-4-6-5-3-1;1-2-4-5-3-1;1-2-6-4-3-5-1;2*1-2-4-5-3-1;1-3-2;;/h1-10,19-20H;2*1-10H;1-9H;1-8H;1-7H;1-6H;1-6H;1-5H;1-4H,5H2;1-4H;2*1-4H;3H2,1-2H3;2*1H4. The molecule has 2 N–H and O–H groups in total. The Morgan fingerprint density at radius 1 is 0.261 bits per heavy atom. The quantitative estimate of drug-likeness (QED) is 0.140. The molecule has 0 atom stereocenters. The average Bonchev–Trinajstić information content (AvgIpc) is 1.51. The zero-order valence-electron chi connectivity index (χ0n) is 77.2. The number of nitrogens with zero attached hydrogens (tertiary/aromatic N) is 7. The predicted molar refractivity (Wildman–Crippen MR) is 611 cm³/mol. The number of fused-ring (bicyclic) bond motifs is 28. The van der Waals surface area contributed by atoms with Gasteiger partial charge in [-0.15, -0.1) is 22.7 Å². The number of furan rings is 3. The second kappa shape index (κ2) is 52.2. The first-order valence-corrected chi connectivity index (χ1v) is 48.9. The number of aromatic nitrogens is 9. The Hall–Kier alpha value is -17.5. The van der Waals surface area contributed by atoms with Gasteiger partial charge < -0.3 is 23.2 Å². The number of hydrogen-bond acceptors (Lipinski definition) is 13. The van der Waals surface area contributed by atoms with Crippen LogP contribution in [-0.2, 0) is 0 Å². The molecule has 29 aromatic rings. The molecule has 0 spiro atoms. The highest BCUT2D eigenvalue weighted by molar-refractivity contribution is 7.18. The summed E-state index contributed by atoms with van der Waals surface area (Å²) in [5.41, 5.74) is 12.7. The minimum Gasteiger partial charge on any atom is -0.473 e. The van der Waals surface area contributed by atoms with Crippen molar-refractivity contribution in [3.05, 3.63) is 527 Å². The molecule has 12 nitrogen and oxygen atoms in total. The van der Waals surface area contributed by atoms with Gasteiger partial charge in [0.15, 0.2) is 0 Å². The van der Waals surface area contributed by atoms with Crippen molar-refractivity contribution in [1.29, 1.82) is 0 Å². The SMILES string of the molecule is C.C.C1=CCC=C1.CCC.c1ccc2c(c1)[nH]c1cc3c(cc12)[nH]c1ccccc13.c1ccc2c(c1)c1ccccc1c1occc21.c1ccc2c(c1)c1ccccc1c1sccc21.c1ccc2c(c1)c1ccccc1c1scnc21.c1ccc2ccccc2c1.c1ccc2ncccc2c1.c1ccc2nccnc2c1.c1ccc2occc2c1.c1ccncc1.c1ccoc1.c1ccsc1.c1cnccn1. The lowest BCUT2D eigenvalue weighted by Gasteiger charge is -2.06. The van der Waals surface area contributed by atoms with E-state index in [1.165, 1.54) is 151 Å². The number of benzene rings is 17. The molecule has 0 radical (unpaired) electrons. The Balaban J connectivity index is 0.000000118. The Bertz CT molecular complexity index is 7720. The molecule has 15 heteroatoms. The third kappa shape index (κ3) is 25.5. The van der Waals surface area contributed by atoms with Gasteiger partial charge in [-0.2, -0.15) is 11.3 Å². The summed E-state index contributed by atoms with van der Waals surface area (Å²) in [6.45, 7) is 4.25. The first kappa shape index (κ1) is 99.0. The Kier molecular flexibility index (Phi) is 36.4. The fourth-order valence-electron chi connectivity index (χ4n) is 16.2. The smallest absolute Gasteiger partial charge is 0.142 e. The van der Waals surface area contributed by atoms with Crippen LogP contribution in [-0.4, -0.2) is 44.9 Å². The number of pyridine rings is 2. The monoisotopic (exact) mass is 1900 g/mol. The number of thiazole rings is 1. The number of allylic oxidation sites excluding steroid dienone is 4. The molecular weight excluding hydrogens is 1800 g/mol. The predicted octanol–water partition coefficient (Wildman–Crippen LogP) is 37.4. The molecule has 0 unspecified atom stereocenters. The zero-order chi connectivity index (χ0) is 95.2. The van der Waals surface area contributed by atoms with Crippen molar-refractivity contribution in [2.24, 2.45) is 0 Å². The van der Waals surface area contributed by atoms with E-state index in [9.17, 15) is 0 Å². The summed E-state index contributed by atoms with van der Waals surface area (Å²) in [7, 11) is 0. The molecule has 1 aliphatic rings. The minimum absolute atomic E-state index is 0. The molecule has 0 amide bonds. The van der Waals surface area contributed by atoms with Gasteiger partial charge in [0.2, 0.25) is 0 Å². The van der Waals surface area contributed by atoms with Crippen LogP contribution in [0.15, 0.2) is 540 Å². The van der Waals surface area contributed by atoms with Crippen molar-refractivity contribution in [1.82, 2.24) is 44.9 Å². The molecule has 0 fully saturated rings. The first-order valence-electron chi connectivity index (χ1n) is 46.2. The van der Waals surface area contributed by atoms with Crippen LogP contribution in [0, 0.1) is 0 Å². The van der Waals surface area contributed by atoms with Crippen molar-refractivity contribution < 1.29 is 13.3 Å². The Morgan fingerprint density at radius 3 is 1.10 bits per heavy atom. The van der Waals surface area contributed by atoms with Crippen LogP contribution in [0.3, 0.4) is 0 Å². The van der Waals surface area contributed by atoms with E-state index in [0.29, 0.717) is 0 Å². The van der Waals surface area contributed by atoms with E-state index in [1.807, 2.05) is 161 Å². The number of aromatic amines is 2. The van der Waals surface area contributed by atoms with Crippen molar-refractivity contribution in [3.8, 4) is 0 Å². The van der Waals surface area contributed by atoms with Gasteiger partial charge in [-0.3, -0.25) is 29.9 Å². The van der Waals surface area contributed by atoms with Crippen molar-refractivity contribution >= 4 is 217 Å². The van der Waals surface area contributed by atoms with Crippen molar-refractivity contribution in [2.45, 2.75) is 41.5 Å². The largest absolute Gasteiger partial charge is 0.473 e.